The summed E-state index contributed by atoms with van der Waals surface area (Å²) in [5.74, 6) is -0.405. The van der Waals surface area contributed by atoms with Crippen LogP contribution in [-0.2, 0) is 0 Å². The standard InChI is InChI=1S/C14H19FN2OS/c1-17(10-7-8-11(9-10)19-2)14(18)16-13-6-4-3-5-12(13)15/h3-6,10-11H,7-9H2,1-2H3,(H,16,18). The number of urea groups is 1. The van der Waals surface area contributed by atoms with Crippen molar-refractivity contribution in [3.8, 4) is 0 Å². The Bertz CT molecular complexity index is 455. The van der Waals surface area contributed by atoms with E-state index in [9.17, 15) is 9.18 Å². The zero-order valence-electron chi connectivity index (χ0n) is 11.2. The van der Waals surface area contributed by atoms with E-state index in [0.29, 0.717) is 5.25 Å². The summed E-state index contributed by atoms with van der Waals surface area (Å²) in [5.41, 5.74) is 0.235. The molecule has 5 heteroatoms. The number of nitrogens with one attached hydrogen (secondary N) is 1. The fraction of sp³-hybridized carbons (Fsp3) is 0.500. The number of hydrogen-bond acceptors (Lipinski definition) is 2. The van der Waals surface area contributed by atoms with Crippen molar-refractivity contribution < 1.29 is 9.18 Å². The van der Waals surface area contributed by atoms with Crippen LogP contribution in [-0.4, -0.2) is 35.5 Å². The van der Waals surface area contributed by atoms with Gasteiger partial charge in [-0.2, -0.15) is 11.8 Å². The molecule has 2 rings (SSSR count). The van der Waals surface area contributed by atoms with Crippen LogP contribution in [0, 0.1) is 5.82 Å². The summed E-state index contributed by atoms with van der Waals surface area (Å²) in [5, 5.41) is 3.26. The van der Waals surface area contributed by atoms with Crippen LogP contribution in [0.2, 0.25) is 0 Å². The van der Waals surface area contributed by atoms with Crippen LogP contribution < -0.4 is 5.32 Å². The first-order chi connectivity index (χ1) is 9.11. The van der Waals surface area contributed by atoms with E-state index in [2.05, 4.69) is 11.6 Å². The molecule has 2 atom stereocenters. The van der Waals surface area contributed by atoms with E-state index in [1.165, 1.54) is 6.07 Å². The van der Waals surface area contributed by atoms with Crippen LogP contribution in [0.25, 0.3) is 0 Å². The van der Waals surface area contributed by atoms with Crippen LogP contribution in [0.5, 0.6) is 0 Å². The molecular formula is C14H19FN2OS. The van der Waals surface area contributed by atoms with Gasteiger partial charge in [0.25, 0.3) is 0 Å². The van der Waals surface area contributed by atoms with Gasteiger partial charge in [0.2, 0.25) is 0 Å². The Kier molecular flexibility index (Phi) is 4.69. The predicted molar refractivity (Wildman–Crippen MR) is 78.1 cm³/mol. The largest absolute Gasteiger partial charge is 0.325 e. The van der Waals surface area contributed by atoms with Gasteiger partial charge in [-0.25, -0.2) is 9.18 Å². The minimum Gasteiger partial charge on any atom is -0.325 e. The molecule has 104 valence electrons. The van der Waals surface area contributed by atoms with Crippen LogP contribution >= 0.6 is 11.8 Å². The molecule has 1 N–H and O–H groups in total. The monoisotopic (exact) mass is 282 g/mol. The Hall–Kier alpha value is -1.23. The van der Waals surface area contributed by atoms with Crippen LogP contribution in [0.1, 0.15) is 19.3 Å². The lowest BCUT2D eigenvalue weighted by molar-refractivity contribution is 0.205. The zero-order chi connectivity index (χ0) is 13.8. The highest BCUT2D eigenvalue weighted by Crippen LogP contribution is 2.31. The number of nitrogens with zero attached hydrogens (tertiary/aromatic N) is 1. The van der Waals surface area contributed by atoms with Gasteiger partial charge in [-0.05, 0) is 37.7 Å². The van der Waals surface area contributed by atoms with E-state index in [0.717, 1.165) is 19.3 Å². The molecule has 2 unspecified atom stereocenters. The SMILES string of the molecule is CSC1CCC(N(C)C(=O)Nc2ccccc2F)C1. The molecular weight excluding hydrogens is 263 g/mol. The number of halogens is 1. The van der Waals surface area contributed by atoms with E-state index in [4.69, 9.17) is 0 Å². The molecule has 1 saturated carbocycles. The third-order valence-electron chi connectivity index (χ3n) is 3.67. The normalized spacial score (nSPS) is 22.3. The quantitative estimate of drug-likeness (QED) is 0.919. The van der Waals surface area contributed by atoms with Gasteiger partial charge in [0.15, 0.2) is 0 Å². The number of benzene rings is 1. The average molecular weight is 282 g/mol. The van der Waals surface area contributed by atoms with Gasteiger partial charge in [-0.15, -0.1) is 0 Å². The van der Waals surface area contributed by atoms with Gasteiger partial charge >= 0.3 is 6.03 Å². The second-order valence-electron chi connectivity index (χ2n) is 4.85. The topological polar surface area (TPSA) is 32.3 Å². The van der Waals surface area contributed by atoms with Gasteiger partial charge in [-0.1, -0.05) is 12.1 Å². The summed E-state index contributed by atoms with van der Waals surface area (Å²) in [6.45, 7) is 0. The smallest absolute Gasteiger partial charge is 0.321 e. The number of thioether (sulfide) groups is 1. The maximum atomic E-state index is 13.5. The minimum absolute atomic E-state index is 0.235. The van der Waals surface area contributed by atoms with E-state index in [-0.39, 0.29) is 17.8 Å². The zero-order valence-corrected chi connectivity index (χ0v) is 12.0. The Labute approximate surface area is 117 Å². The number of carbonyl (C=O) groups is 1. The highest BCUT2D eigenvalue weighted by Gasteiger charge is 2.29. The number of anilines is 1. The lowest BCUT2D eigenvalue weighted by atomic mass is 10.2. The molecule has 0 aliphatic heterocycles. The third-order valence-corrected chi connectivity index (χ3v) is 4.77. The predicted octanol–water partition coefficient (Wildman–Crippen LogP) is 3.57. The van der Waals surface area contributed by atoms with Crippen molar-refractivity contribution in [2.45, 2.75) is 30.6 Å². The number of rotatable bonds is 3. The third kappa shape index (κ3) is 3.41. The highest BCUT2D eigenvalue weighted by molar-refractivity contribution is 7.99. The van der Waals surface area contributed by atoms with Crippen molar-refractivity contribution in [1.82, 2.24) is 4.90 Å². The molecule has 0 radical (unpaired) electrons. The Morgan fingerprint density at radius 3 is 2.79 bits per heavy atom. The Balaban J connectivity index is 1.95. The van der Waals surface area contributed by atoms with E-state index in [1.807, 2.05) is 11.8 Å². The molecule has 3 nitrogen and oxygen atoms in total. The van der Waals surface area contributed by atoms with Crippen molar-refractivity contribution in [2.75, 3.05) is 18.6 Å². The average Bonchev–Trinajstić information content (AvgIpc) is 2.89. The van der Waals surface area contributed by atoms with Gasteiger partial charge in [0, 0.05) is 18.3 Å². The maximum Gasteiger partial charge on any atom is 0.321 e. The molecule has 0 aromatic heterocycles. The summed E-state index contributed by atoms with van der Waals surface area (Å²) in [6, 6.07) is 6.24. The summed E-state index contributed by atoms with van der Waals surface area (Å²) in [4.78, 5) is 13.8. The molecule has 1 aliphatic rings. The van der Waals surface area contributed by atoms with Crippen molar-refractivity contribution in [3.63, 3.8) is 0 Å². The molecule has 1 aromatic carbocycles. The maximum absolute atomic E-state index is 13.5. The van der Waals surface area contributed by atoms with E-state index < -0.39 is 5.82 Å². The van der Waals surface area contributed by atoms with E-state index >= 15 is 0 Å². The van der Waals surface area contributed by atoms with Crippen LogP contribution in [0.4, 0.5) is 14.9 Å². The lowest BCUT2D eigenvalue weighted by Gasteiger charge is -2.25. The van der Waals surface area contributed by atoms with Crippen molar-refractivity contribution in [2.24, 2.45) is 0 Å². The van der Waals surface area contributed by atoms with Crippen LogP contribution in [0.3, 0.4) is 0 Å². The summed E-state index contributed by atoms with van der Waals surface area (Å²) in [7, 11) is 1.78. The first-order valence-electron chi connectivity index (χ1n) is 6.43. The highest BCUT2D eigenvalue weighted by atomic mass is 32.2. The molecule has 1 aliphatic carbocycles. The first kappa shape index (κ1) is 14.2. The Morgan fingerprint density at radius 2 is 2.16 bits per heavy atom. The van der Waals surface area contributed by atoms with Gasteiger partial charge in [0.05, 0.1) is 5.69 Å². The summed E-state index contributed by atoms with van der Waals surface area (Å²) in [6.07, 6.45) is 5.28. The van der Waals surface area contributed by atoms with Crippen molar-refractivity contribution >= 4 is 23.5 Å². The van der Waals surface area contributed by atoms with E-state index in [1.54, 1.807) is 30.1 Å². The van der Waals surface area contributed by atoms with Gasteiger partial charge in [0.1, 0.15) is 5.82 Å². The molecule has 19 heavy (non-hydrogen) atoms. The molecule has 1 fully saturated rings. The fourth-order valence-electron chi connectivity index (χ4n) is 2.42. The minimum atomic E-state index is -0.405. The number of carbonyl (C=O) groups excluding carboxylic acids is 1. The molecule has 0 heterocycles. The molecule has 2 amide bonds. The number of amides is 2. The first-order valence-corrected chi connectivity index (χ1v) is 7.71. The summed E-state index contributed by atoms with van der Waals surface area (Å²) >= 11 is 1.85. The molecule has 0 bridgehead atoms. The fourth-order valence-corrected chi connectivity index (χ4v) is 3.20. The number of para-hydroxylation sites is 1. The molecule has 1 aromatic rings. The van der Waals surface area contributed by atoms with Crippen molar-refractivity contribution in [3.05, 3.63) is 30.1 Å². The second kappa shape index (κ2) is 6.28. The number of hydrogen-bond donors (Lipinski definition) is 1. The molecule has 0 saturated heterocycles. The van der Waals surface area contributed by atoms with Crippen LogP contribution in [0.15, 0.2) is 24.3 Å². The van der Waals surface area contributed by atoms with Crippen molar-refractivity contribution in [1.29, 1.82) is 0 Å². The molecule has 0 spiro atoms. The summed E-state index contributed by atoms with van der Waals surface area (Å²) < 4.78 is 13.5. The van der Waals surface area contributed by atoms with Gasteiger partial charge in [-0.3, -0.25) is 0 Å². The van der Waals surface area contributed by atoms with Gasteiger partial charge < -0.3 is 10.2 Å². The lowest BCUT2D eigenvalue weighted by Crippen LogP contribution is -2.38. The second-order valence-corrected chi connectivity index (χ2v) is 5.98. The Morgan fingerprint density at radius 1 is 1.42 bits per heavy atom.